The fourth-order valence-corrected chi connectivity index (χ4v) is 4.93. The number of esters is 1. The van der Waals surface area contributed by atoms with E-state index in [-0.39, 0.29) is 41.6 Å². The smallest absolute Gasteiger partial charge is 0.341 e. The molecule has 1 amide bonds. The number of hydrogen-bond acceptors (Lipinski definition) is 5. The van der Waals surface area contributed by atoms with Gasteiger partial charge in [-0.1, -0.05) is 55.7 Å². The molecule has 4 aromatic rings. The van der Waals surface area contributed by atoms with Gasteiger partial charge in [0, 0.05) is 12.2 Å². The van der Waals surface area contributed by atoms with E-state index in [1.54, 1.807) is 25.3 Å². The van der Waals surface area contributed by atoms with Crippen molar-refractivity contribution in [3.63, 3.8) is 0 Å². The third kappa shape index (κ3) is 4.58. The number of carbonyl (C=O) groups excluding carboxylic acids is 2. The van der Waals surface area contributed by atoms with Crippen molar-refractivity contribution in [3.05, 3.63) is 87.8 Å². The molecular formula is C28H28N4O4. The summed E-state index contributed by atoms with van der Waals surface area (Å²) in [5, 5.41) is 0.293. The summed E-state index contributed by atoms with van der Waals surface area (Å²) in [5.74, 6) is -0.999. The van der Waals surface area contributed by atoms with E-state index in [1.165, 1.54) is 10.5 Å². The highest BCUT2D eigenvalue weighted by molar-refractivity contribution is 5.94. The van der Waals surface area contributed by atoms with Gasteiger partial charge in [0.1, 0.15) is 16.9 Å². The van der Waals surface area contributed by atoms with Gasteiger partial charge in [-0.3, -0.25) is 14.0 Å². The predicted molar refractivity (Wildman–Crippen MR) is 136 cm³/mol. The molecule has 8 heteroatoms. The summed E-state index contributed by atoms with van der Waals surface area (Å²) in [6.45, 7) is 1.88. The molecule has 1 fully saturated rings. The highest BCUT2D eigenvalue weighted by Gasteiger charge is 2.25. The number of pyridine rings is 2. The average molecular weight is 485 g/mol. The summed E-state index contributed by atoms with van der Waals surface area (Å²) in [5.41, 5.74) is 1.78. The van der Waals surface area contributed by atoms with Crippen LogP contribution in [0.5, 0.6) is 0 Å². The lowest BCUT2D eigenvalue weighted by atomic mass is 9.94. The Morgan fingerprint density at radius 2 is 1.81 bits per heavy atom. The van der Waals surface area contributed by atoms with Crippen molar-refractivity contribution in [1.29, 1.82) is 0 Å². The van der Waals surface area contributed by atoms with Crippen molar-refractivity contribution >= 4 is 28.6 Å². The Kier molecular flexibility index (Phi) is 6.75. The number of fused-ring (bicyclic) bond motifs is 2. The van der Waals surface area contributed by atoms with E-state index in [1.807, 2.05) is 41.0 Å². The minimum Gasteiger partial charge on any atom is -0.462 e. The number of carbonyl (C=O) groups is 2. The van der Waals surface area contributed by atoms with Crippen LogP contribution in [-0.2, 0) is 16.0 Å². The van der Waals surface area contributed by atoms with Crippen LogP contribution in [0.25, 0.3) is 16.7 Å². The maximum Gasteiger partial charge on any atom is 0.341 e. The maximum atomic E-state index is 13.5. The fraction of sp³-hybridized carbons (Fsp3) is 0.321. The van der Waals surface area contributed by atoms with Crippen molar-refractivity contribution in [2.24, 2.45) is 4.99 Å². The molecule has 0 spiro atoms. The van der Waals surface area contributed by atoms with Crippen molar-refractivity contribution < 1.29 is 14.3 Å². The van der Waals surface area contributed by atoms with E-state index in [0.717, 1.165) is 37.7 Å². The van der Waals surface area contributed by atoms with Gasteiger partial charge in [-0.05, 0) is 43.5 Å². The SMILES string of the molecule is CCOC(=O)c1cc2c(=O)n3ccccc3nc2n(C2CCCCC2)c1=NC(=O)Cc1ccccc1. The molecule has 1 saturated carbocycles. The lowest BCUT2D eigenvalue weighted by molar-refractivity contribution is -0.117. The molecule has 0 N–H and O–H groups in total. The molecule has 8 nitrogen and oxygen atoms in total. The number of rotatable bonds is 5. The van der Waals surface area contributed by atoms with E-state index in [2.05, 4.69) is 4.99 Å². The van der Waals surface area contributed by atoms with Gasteiger partial charge in [0.15, 0.2) is 5.49 Å². The Bertz CT molecular complexity index is 1560. The van der Waals surface area contributed by atoms with E-state index in [4.69, 9.17) is 9.72 Å². The van der Waals surface area contributed by atoms with Crippen molar-refractivity contribution in [2.45, 2.75) is 51.5 Å². The number of aromatic nitrogens is 3. The third-order valence-corrected chi connectivity index (χ3v) is 6.60. The van der Waals surface area contributed by atoms with E-state index in [0.29, 0.717) is 16.7 Å². The van der Waals surface area contributed by atoms with Crippen LogP contribution in [0.2, 0.25) is 0 Å². The Hall–Kier alpha value is -4.07. The van der Waals surface area contributed by atoms with Crippen LogP contribution in [-0.4, -0.2) is 32.4 Å². The zero-order chi connectivity index (χ0) is 25.1. The third-order valence-electron chi connectivity index (χ3n) is 6.60. The predicted octanol–water partition coefficient (Wildman–Crippen LogP) is 4.00. The second kappa shape index (κ2) is 10.3. The molecule has 1 aliphatic rings. The number of benzene rings is 1. The average Bonchev–Trinajstić information content (AvgIpc) is 2.90. The quantitative estimate of drug-likeness (QED) is 0.315. The molecule has 36 heavy (non-hydrogen) atoms. The normalized spacial score (nSPS) is 14.9. The molecule has 1 aromatic carbocycles. The highest BCUT2D eigenvalue weighted by atomic mass is 16.5. The van der Waals surface area contributed by atoms with Gasteiger partial charge in [0.05, 0.1) is 18.4 Å². The van der Waals surface area contributed by atoms with Gasteiger partial charge >= 0.3 is 5.97 Å². The minimum atomic E-state index is -0.618. The summed E-state index contributed by atoms with van der Waals surface area (Å²) in [4.78, 5) is 49.0. The van der Waals surface area contributed by atoms with Gasteiger partial charge in [-0.15, -0.1) is 0 Å². The standard InChI is InChI=1S/C28H28N4O4/c1-2-36-28(35)22-18-21-25(29-23-15-9-10-16-31(23)27(21)34)32(20-13-7-4-8-14-20)26(22)30-24(33)17-19-11-5-3-6-12-19/h3,5-6,9-12,15-16,18,20H,2,4,7-8,13-14,17H2,1H3. The van der Waals surface area contributed by atoms with Crippen molar-refractivity contribution in [2.75, 3.05) is 6.61 Å². The molecule has 184 valence electrons. The Morgan fingerprint density at radius 3 is 2.56 bits per heavy atom. The summed E-state index contributed by atoms with van der Waals surface area (Å²) < 4.78 is 8.64. The molecule has 0 aliphatic heterocycles. The fourth-order valence-electron chi connectivity index (χ4n) is 4.93. The Labute approximate surface area is 207 Å². The van der Waals surface area contributed by atoms with Gasteiger partial charge in [0.2, 0.25) is 0 Å². The van der Waals surface area contributed by atoms with Gasteiger partial charge < -0.3 is 9.30 Å². The zero-order valence-corrected chi connectivity index (χ0v) is 20.2. The molecule has 0 unspecified atom stereocenters. The molecular weight excluding hydrogens is 456 g/mol. The molecule has 1 aliphatic carbocycles. The molecule has 0 bridgehead atoms. The van der Waals surface area contributed by atoms with E-state index >= 15 is 0 Å². The lowest BCUT2D eigenvalue weighted by Gasteiger charge is -2.27. The number of amides is 1. The first-order chi connectivity index (χ1) is 17.6. The van der Waals surface area contributed by atoms with E-state index < -0.39 is 5.97 Å². The Balaban J connectivity index is 1.83. The van der Waals surface area contributed by atoms with Crippen LogP contribution in [0.1, 0.15) is 61.0 Å². The van der Waals surface area contributed by atoms with Gasteiger partial charge in [0.25, 0.3) is 11.5 Å². The molecule has 0 radical (unpaired) electrons. The first kappa shape index (κ1) is 23.7. The lowest BCUT2D eigenvalue weighted by Crippen LogP contribution is -2.35. The Morgan fingerprint density at radius 1 is 1.06 bits per heavy atom. The number of hydrogen-bond donors (Lipinski definition) is 0. The maximum absolute atomic E-state index is 13.5. The van der Waals surface area contributed by atoms with Crippen LogP contribution in [0.4, 0.5) is 0 Å². The second-order valence-corrected chi connectivity index (χ2v) is 9.01. The monoisotopic (exact) mass is 484 g/mol. The molecule has 3 aromatic heterocycles. The zero-order valence-electron chi connectivity index (χ0n) is 20.2. The molecule has 5 rings (SSSR count). The first-order valence-corrected chi connectivity index (χ1v) is 12.4. The van der Waals surface area contributed by atoms with Crippen LogP contribution in [0.3, 0.4) is 0 Å². The second-order valence-electron chi connectivity index (χ2n) is 9.01. The van der Waals surface area contributed by atoms with E-state index in [9.17, 15) is 14.4 Å². The minimum absolute atomic E-state index is 0.0445. The first-order valence-electron chi connectivity index (χ1n) is 12.4. The van der Waals surface area contributed by atoms with Gasteiger partial charge in [-0.2, -0.15) is 4.99 Å². The van der Waals surface area contributed by atoms with Crippen LogP contribution < -0.4 is 11.0 Å². The largest absolute Gasteiger partial charge is 0.462 e. The van der Waals surface area contributed by atoms with Crippen LogP contribution in [0.15, 0.2) is 70.6 Å². The summed E-state index contributed by atoms with van der Waals surface area (Å²) in [6.07, 6.45) is 6.57. The van der Waals surface area contributed by atoms with Crippen LogP contribution >= 0.6 is 0 Å². The van der Waals surface area contributed by atoms with Crippen LogP contribution in [0, 0.1) is 0 Å². The number of nitrogens with zero attached hydrogens (tertiary/aromatic N) is 4. The summed E-state index contributed by atoms with van der Waals surface area (Å²) in [6, 6.07) is 16.1. The molecule has 0 saturated heterocycles. The van der Waals surface area contributed by atoms with Crippen molar-refractivity contribution in [3.8, 4) is 0 Å². The summed E-state index contributed by atoms with van der Waals surface area (Å²) in [7, 11) is 0. The summed E-state index contributed by atoms with van der Waals surface area (Å²) >= 11 is 0. The topological polar surface area (TPSA) is 95.0 Å². The molecule has 0 atom stereocenters. The van der Waals surface area contributed by atoms with Gasteiger partial charge in [-0.25, -0.2) is 9.78 Å². The van der Waals surface area contributed by atoms with Crippen molar-refractivity contribution in [1.82, 2.24) is 14.0 Å². The molecule has 3 heterocycles. The highest BCUT2D eigenvalue weighted by Crippen LogP contribution is 2.29. The number of ether oxygens (including phenoxy) is 1.